The van der Waals surface area contributed by atoms with Crippen LogP contribution in [0.3, 0.4) is 0 Å². The SMILES string of the molecule is C1=CCC(Nc2ncccn2)C=C1. The van der Waals surface area contributed by atoms with Crippen LogP contribution in [0.4, 0.5) is 5.95 Å². The van der Waals surface area contributed by atoms with Gasteiger partial charge in [0.1, 0.15) is 0 Å². The van der Waals surface area contributed by atoms with Crippen molar-refractivity contribution < 1.29 is 0 Å². The van der Waals surface area contributed by atoms with Crippen molar-refractivity contribution in [1.29, 1.82) is 0 Å². The van der Waals surface area contributed by atoms with Gasteiger partial charge in [0.05, 0.1) is 6.04 Å². The van der Waals surface area contributed by atoms with Crippen LogP contribution in [0.1, 0.15) is 6.42 Å². The van der Waals surface area contributed by atoms with Gasteiger partial charge in [-0.2, -0.15) is 0 Å². The van der Waals surface area contributed by atoms with Gasteiger partial charge in [0.25, 0.3) is 0 Å². The van der Waals surface area contributed by atoms with Gasteiger partial charge in [-0.3, -0.25) is 0 Å². The number of nitrogens with zero attached hydrogens (tertiary/aromatic N) is 2. The first kappa shape index (κ1) is 7.98. The number of nitrogens with one attached hydrogen (secondary N) is 1. The van der Waals surface area contributed by atoms with Crippen LogP contribution < -0.4 is 5.32 Å². The second kappa shape index (κ2) is 3.85. The number of hydrogen-bond donors (Lipinski definition) is 1. The lowest BCUT2D eigenvalue weighted by atomic mass is 10.1. The predicted molar refractivity (Wildman–Crippen MR) is 52.3 cm³/mol. The summed E-state index contributed by atoms with van der Waals surface area (Å²) < 4.78 is 0. The largest absolute Gasteiger partial charge is 0.348 e. The summed E-state index contributed by atoms with van der Waals surface area (Å²) in [5.74, 6) is 0.687. The highest BCUT2D eigenvalue weighted by Crippen LogP contribution is 2.07. The molecule has 1 aromatic heterocycles. The molecule has 1 unspecified atom stereocenters. The highest BCUT2D eigenvalue weighted by Gasteiger charge is 2.04. The molecule has 0 saturated heterocycles. The smallest absolute Gasteiger partial charge is 0.223 e. The summed E-state index contributed by atoms with van der Waals surface area (Å²) in [5.41, 5.74) is 0. The molecule has 1 atom stereocenters. The second-order valence-electron chi connectivity index (χ2n) is 2.87. The van der Waals surface area contributed by atoms with E-state index in [-0.39, 0.29) is 0 Å². The van der Waals surface area contributed by atoms with Crippen LogP contribution in [0.5, 0.6) is 0 Å². The molecule has 0 saturated carbocycles. The molecule has 1 aromatic rings. The van der Waals surface area contributed by atoms with Gasteiger partial charge >= 0.3 is 0 Å². The number of hydrogen-bond acceptors (Lipinski definition) is 3. The first-order valence-corrected chi connectivity index (χ1v) is 4.32. The third kappa shape index (κ3) is 2.15. The van der Waals surface area contributed by atoms with Crippen molar-refractivity contribution in [2.45, 2.75) is 12.5 Å². The number of anilines is 1. The van der Waals surface area contributed by atoms with Crippen LogP contribution in [0.15, 0.2) is 42.8 Å². The van der Waals surface area contributed by atoms with Crippen LogP contribution in [0.25, 0.3) is 0 Å². The standard InChI is InChI=1S/C10H11N3/c1-2-5-9(6-3-1)13-10-11-7-4-8-12-10/h1-5,7-9H,6H2,(H,11,12,13). The Morgan fingerprint density at radius 2 is 2.08 bits per heavy atom. The van der Waals surface area contributed by atoms with E-state index in [0.717, 1.165) is 6.42 Å². The average molecular weight is 173 g/mol. The molecule has 3 heteroatoms. The van der Waals surface area contributed by atoms with Crippen molar-refractivity contribution in [2.24, 2.45) is 0 Å². The van der Waals surface area contributed by atoms with E-state index in [1.807, 2.05) is 18.2 Å². The average Bonchev–Trinajstić information content (AvgIpc) is 2.21. The highest BCUT2D eigenvalue weighted by atomic mass is 15.1. The highest BCUT2D eigenvalue weighted by molar-refractivity contribution is 5.29. The number of rotatable bonds is 2. The molecular formula is C10H11N3. The fourth-order valence-electron chi connectivity index (χ4n) is 1.23. The summed E-state index contributed by atoms with van der Waals surface area (Å²) in [6.07, 6.45) is 12.8. The van der Waals surface area contributed by atoms with E-state index in [1.54, 1.807) is 12.4 Å². The zero-order valence-electron chi connectivity index (χ0n) is 7.22. The Morgan fingerprint density at radius 3 is 2.77 bits per heavy atom. The molecule has 1 heterocycles. The quantitative estimate of drug-likeness (QED) is 0.740. The maximum absolute atomic E-state index is 4.09. The van der Waals surface area contributed by atoms with Crippen LogP contribution in [-0.4, -0.2) is 16.0 Å². The molecular weight excluding hydrogens is 162 g/mol. The molecule has 2 rings (SSSR count). The topological polar surface area (TPSA) is 37.8 Å². The Balaban J connectivity index is 1.99. The lowest BCUT2D eigenvalue weighted by Gasteiger charge is -2.14. The molecule has 1 N–H and O–H groups in total. The molecule has 0 fully saturated rings. The fraction of sp³-hybridized carbons (Fsp3) is 0.200. The van der Waals surface area contributed by atoms with Gasteiger partial charge in [0.15, 0.2) is 0 Å². The van der Waals surface area contributed by atoms with E-state index >= 15 is 0 Å². The lowest BCUT2D eigenvalue weighted by Crippen LogP contribution is -2.18. The van der Waals surface area contributed by atoms with Crippen LogP contribution in [0, 0.1) is 0 Å². The lowest BCUT2D eigenvalue weighted by molar-refractivity contribution is 0.862. The molecule has 0 aromatic carbocycles. The minimum atomic E-state index is 0.326. The minimum absolute atomic E-state index is 0.326. The van der Waals surface area contributed by atoms with Crippen molar-refractivity contribution in [3.8, 4) is 0 Å². The first-order valence-electron chi connectivity index (χ1n) is 4.32. The van der Waals surface area contributed by atoms with Crippen molar-refractivity contribution in [2.75, 3.05) is 5.32 Å². The summed E-state index contributed by atoms with van der Waals surface area (Å²) in [7, 11) is 0. The van der Waals surface area contributed by atoms with E-state index in [4.69, 9.17) is 0 Å². The Kier molecular flexibility index (Phi) is 2.36. The Labute approximate surface area is 77.2 Å². The molecule has 0 aliphatic heterocycles. The third-order valence-corrected chi connectivity index (χ3v) is 1.86. The predicted octanol–water partition coefficient (Wildman–Crippen LogP) is 1.77. The normalized spacial score (nSPS) is 20.2. The molecule has 0 amide bonds. The van der Waals surface area contributed by atoms with Crippen LogP contribution in [-0.2, 0) is 0 Å². The van der Waals surface area contributed by atoms with E-state index in [9.17, 15) is 0 Å². The van der Waals surface area contributed by atoms with Crippen LogP contribution in [0.2, 0.25) is 0 Å². The van der Waals surface area contributed by atoms with Gasteiger partial charge in [-0.25, -0.2) is 9.97 Å². The molecule has 3 nitrogen and oxygen atoms in total. The zero-order chi connectivity index (χ0) is 8.93. The van der Waals surface area contributed by atoms with Crippen molar-refractivity contribution in [3.63, 3.8) is 0 Å². The van der Waals surface area contributed by atoms with Crippen LogP contribution >= 0.6 is 0 Å². The summed E-state index contributed by atoms with van der Waals surface area (Å²) in [6, 6.07) is 2.13. The summed E-state index contributed by atoms with van der Waals surface area (Å²) in [4.78, 5) is 8.19. The zero-order valence-corrected chi connectivity index (χ0v) is 7.22. The van der Waals surface area contributed by atoms with Gasteiger partial charge in [-0.1, -0.05) is 24.3 Å². The Hall–Kier alpha value is -1.64. The minimum Gasteiger partial charge on any atom is -0.348 e. The monoisotopic (exact) mass is 173 g/mol. The molecule has 13 heavy (non-hydrogen) atoms. The fourth-order valence-corrected chi connectivity index (χ4v) is 1.23. The third-order valence-electron chi connectivity index (χ3n) is 1.86. The van der Waals surface area contributed by atoms with Gasteiger partial charge in [0.2, 0.25) is 5.95 Å². The Morgan fingerprint density at radius 1 is 1.23 bits per heavy atom. The molecule has 0 bridgehead atoms. The Bertz CT molecular complexity index is 316. The van der Waals surface area contributed by atoms with Gasteiger partial charge in [0, 0.05) is 12.4 Å². The van der Waals surface area contributed by atoms with E-state index in [0.29, 0.717) is 12.0 Å². The van der Waals surface area contributed by atoms with Gasteiger partial charge < -0.3 is 5.32 Å². The molecule has 0 radical (unpaired) electrons. The van der Waals surface area contributed by atoms with E-state index < -0.39 is 0 Å². The van der Waals surface area contributed by atoms with Gasteiger partial charge in [-0.05, 0) is 12.5 Å². The summed E-state index contributed by atoms with van der Waals surface area (Å²) >= 11 is 0. The maximum atomic E-state index is 4.09. The number of allylic oxidation sites excluding steroid dienone is 2. The first-order chi connectivity index (χ1) is 6.45. The molecule has 1 aliphatic carbocycles. The number of aromatic nitrogens is 2. The van der Waals surface area contributed by atoms with Crippen molar-refractivity contribution in [1.82, 2.24) is 9.97 Å². The van der Waals surface area contributed by atoms with E-state index in [2.05, 4.69) is 27.4 Å². The van der Waals surface area contributed by atoms with Gasteiger partial charge in [-0.15, -0.1) is 0 Å². The second-order valence-corrected chi connectivity index (χ2v) is 2.87. The summed E-state index contributed by atoms with van der Waals surface area (Å²) in [5, 5.41) is 3.22. The van der Waals surface area contributed by atoms with Crippen molar-refractivity contribution >= 4 is 5.95 Å². The van der Waals surface area contributed by atoms with Crippen molar-refractivity contribution in [3.05, 3.63) is 42.8 Å². The molecule has 1 aliphatic rings. The molecule has 0 spiro atoms. The summed E-state index contributed by atoms with van der Waals surface area (Å²) in [6.45, 7) is 0. The van der Waals surface area contributed by atoms with E-state index in [1.165, 1.54) is 0 Å². The molecule has 66 valence electrons. The maximum Gasteiger partial charge on any atom is 0.223 e.